The lowest BCUT2D eigenvalue weighted by Crippen LogP contribution is -2.50. The van der Waals surface area contributed by atoms with Gasteiger partial charge in [-0.2, -0.15) is 0 Å². The van der Waals surface area contributed by atoms with Crippen LogP contribution in [0, 0.1) is 5.41 Å². The zero-order valence-corrected chi connectivity index (χ0v) is 8.62. The van der Waals surface area contributed by atoms with Crippen LogP contribution in [0.5, 0.6) is 0 Å². The molecule has 0 aromatic heterocycles. The minimum Gasteiger partial charge on any atom is -0.384 e. The average molecular weight is 210 g/mol. The van der Waals surface area contributed by atoms with Gasteiger partial charge < -0.3 is 15.1 Å². The van der Waals surface area contributed by atoms with Gasteiger partial charge in [0.05, 0.1) is 0 Å². The van der Waals surface area contributed by atoms with E-state index in [0.717, 1.165) is 0 Å². The van der Waals surface area contributed by atoms with E-state index in [1.165, 1.54) is 0 Å². The average Bonchev–Trinajstić information content (AvgIpc) is 1.80. The van der Waals surface area contributed by atoms with Crippen molar-refractivity contribution in [2.45, 2.75) is 32.5 Å². The van der Waals surface area contributed by atoms with Crippen molar-refractivity contribution in [3.63, 3.8) is 0 Å². The summed E-state index contributed by atoms with van der Waals surface area (Å²) in [7, 11) is -4.01. The van der Waals surface area contributed by atoms with Gasteiger partial charge in [0.25, 0.3) is 0 Å². The normalized spacial score (nSPS) is 29.0. The summed E-state index contributed by atoms with van der Waals surface area (Å²) in [6, 6.07) is 0. The zero-order valence-electron chi connectivity index (χ0n) is 7.73. The van der Waals surface area contributed by atoms with Crippen molar-refractivity contribution in [2.75, 3.05) is 6.35 Å². The smallest absolute Gasteiger partial charge is 0.355 e. The fourth-order valence-corrected chi connectivity index (χ4v) is 2.52. The van der Waals surface area contributed by atoms with Gasteiger partial charge in [-0.25, -0.2) is 0 Å². The highest BCUT2D eigenvalue weighted by Crippen LogP contribution is 2.56. The number of rotatable bonds is 3. The maximum Gasteiger partial charge on any atom is 0.355 e. The lowest BCUT2D eigenvalue weighted by molar-refractivity contribution is -0.243. The Kier molecular flexibility index (Phi) is 2.60. The van der Waals surface area contributed by atoms with Crippen LogP contribution in [0.15, 0.2) is 0 Å². The Balaban J connectivity index is 2.53. The zero-order chi connectivity index (χ0) is 10.3. The summed E-state index contributed by atoms with van der Waals surface area (Å²) in [5, 5.41) is 18.0. The molecule has 0 aromatic carbocycles. The van der Waals surface area contributed by atoms with E-state index in [1.807, 2.05) is 13.8 Å². The predicted molar refractivity (Wildman–Crippen MR) is 46.0 cm³/mol. The van der Waals surface area contributed by atoms with Gasteiger partial charge in [-0.15, -0.1) is 0 Å². The third-order valence-electron chi connectivity index (χ3n) is 2.00. The minimum absolute atomic E-state index is 0.0653. The molecular formula is C7H15O5P. The molecule has 1 fully saturated rings. The monoisotopic (exact) mass is 210 g/mol. The van der Waals surface area contributed by atoms with E-state index in [-0.39, 0.29) is 5.41 Å². The maximum atomic E-state index is 10.9. The maximum absolute atomic E-state index is 10.9. The van der Waals surface area contributed by atoms with Crippen molar-refractivity contribution in [3.8, 4) is 0 Å². The van der Waals surface area contributed by atoms with E-state index in [1.54, 1.807) is 0 Å². The summed E-state index contributed by atoms with van der Waals surface area (Å²) >= 11 is 0. The fourth-order valence-electron chi connectivity index (χ4n) is 1.80. The minimum atomic E-state index is -4.01. The molecule has 3 N–H and O–H groups in total. The molecular weight excluding hydrogens is 195 g/mol. The van der Waals surface area contributed by atoms with E-state index in [9.17, 15) is 9.67 Å². The summed E-state index contributed by atoms with van der Waals surface area (Å²) in [5.74, 6) is -1.53. The molecule has 1 saturated carbocycles. The Morgan fingerprint density at radius 3 is 2.23 bits per heavy atom. The number of hydrogen-bond acceptors (Lipinski definition) is 4. The van der Waals surface area contributed by atoms with Gasteiger partial charge in [-0.1, -0.05) is 13.8 Å². The van der Waals surface area contributed by atoms with E-state index >= 15 is 0 Å². The molecule has 1 atom stereocenters. The van der Waals surface area contributed by atoms with Gasteiger partial charge in [0, 0.05) is 12.8 Å². The Hall–Kier alpha value is 0.0700. The van der Waals surface area contributed by atoms with Crippen LogP contribution in [0.1, 0.15) is 26.7 Å². The van der Waals surface area contributed by atoms with Gasteiger partial charge in [0.1, 0.15) is 6.35 Å². The largest absolute Gasteiger partial charge is 0.384 e. The molecule has 78 valence electrons. The van der Waals surface area contributed by atoms with Crippen LogP contribution in [-0.2, 0) is 9.09 Å². The second-order valence-electron chi connectivity index (χ2n) is 4.33. The summed E-state index contributed by atoms with van der Waals surface area (Å²) in [6.07, 6.45) is -0.342. The first-order valence-corrected chi connectivity index (χ1v) is 5.80. The Morgan fingerprint density at radius 1 is 1.46 bits per heavy atom. The van der Waals surface area contributed by atoms with Gasteiger partial charge in [0.15, 0.2) is 5.79 Å². The summed E-state index contributed by atoms with van der Waals surface area (Å²) in [4.78, 5) is 8.92. The number of aliphatic hydroxyl groups is 2. The molecule has 0 aromatic rings. The van der Waals surface area contributed by atoms with Crippen molar-refractivity contribution in [1.29, 1.82) is 0 Å². The Labute approximate surface area is 76.9 Å². The molecule has 0 bridgehead atoms. The third-order valence-corrected chi connectivity index (χ3v) is 2.98. The van der Waals surface area contributed by atoms with Crippen LogP contribution in [0.4, 0.5) is 0 Å². The van der Waals surface area contributed by atoms with Gasteiger partial charge in [-0.05, 0) is 5.41 Å². The molecule has 0 spiro atoms. The Bertz CT molecular complexity index is 241. The van der Waals surface area contributed by atoms with E-state index < -0.39 is 19.7 Å². The van der Waals surface area contributed by atoms with E-state index in [2.05, 4.69) is 4.52 Å². The van der Waals surface area contributed by atoms with Crippen LogP contribution in [0.3, 0.4) is 0 Å². The molecule has 0 radical (unpaired) electrons. The molecule has 1 rings (SSSR count). The third kappa shape index (κ3) is 2.76. The first-order chi connectivity index (χ1) is 5.68. The van der Waals surface area contributed by atoms with Gasteiger partial charge in [-0.3, -0.25) is 9.09 Å². The lowest BCUT2D eigenvalue weighted by atomic mass is 9.67. The second kappa shape index (κ2) is 3.04. The second-order valence-corrected chi connectivity index (χ2v) is 6.07. The highest BCUT2D eigenvalue weighted by Gasteiger charge is 2.52. The topological polar surface area (TPSA) is 87.0 Å². The summed E-state index contributed by atoms with van der Waals surface area (Å²) < 4.78 is 15.5. The highest BCUT2D eigenvalue weighted by molar-refractivity contribution is 7.52. The fraction of sp³-hybridized carbons (Fsp3) is 1.00. The molecule has 1 aliphatic rings. The molecule has 1 unspecified atom stereocenters. The quantitative estimate of drug-likeness (QED) is 0.470. The molecule has 0 amide bonds. The van der Waals surface area contributed by atoms with Crippen LogP contribution in [0.2, 0.25) is 0 Å². The lowest BCUT2D eigenvalue weighted by Gasteiger charge is -2.48. The molecule has 1 aliphatic carbocycles. The van der Waals surface area contributed by atoms with E-state index in [0.29, 0.717) is 12.8 Å². The first-order valence-electron chi connectivity index (χ1n) is 4.04. The predicted octanol–water partition coefficient (Wildman–Crippen LogP) is 0.647. The summed E-state index contributed by atoms with van der Waals surface area (Å²) in [5.41, 5.74) is -0.0653. The van der Waals surface area contributed by atoms with E-state index in [4.69, 9.17) is 10.00 Å². The van der Waals surface area contributed by atoms with Crippen molar-refractivity contribution in [3.05, 3.63) is 0 Å². The highest BCUT2D eigenvalue weighted by atomic mass is 31.2. The van der Waals surface area contributed by atoms with Crippen molar-refractivity contribution < 1.29 is 24.2 Å². The number of aliphatic hydroxyl groups excluding tert-OH is 1. The number of hydrogen-bond donors (Lipinski definition) is 3. The van der Waals surface area contributed by atoms with Gasteiger partial charge in [0.2, 0.25) is 0 Å². The molecule has 13 heavy (non-hydrogen) atoms. The Morgan fingerprint density at radius 2 is 1.92 bits per heavy atom. The van der Waals surface area contributed by atoms with Crippen molar-refractivity contribution in [2.24, 2.45) is 5.41 Å². The van der Waals surface area contributed by atoms with Crippen molar-refractivity contribution >= 4 is 7.60 Å². The molecule has 0 saturated heterocycles. The standard InChI is InChI=1S/C7H15O5P/c1-6(2)3-7(9,4-6)12-13(10,11)5-8/h8-9H,3-5H2,1-2H3,(H,10,11). The van der Waals surface area contributed by atoms with Crippen molar-refractivity contribution in [1.82, 2.24) is 0 Å². The van der Waals surface area contributed by atoms with Crippen LogP contribution < -0.4 is 0 Å². The molecule has 0 aliphatic heterocycles. The summed E-state index contributed by atoms with van der Waals surface area (Å²) in [6.45, 7) is 3.85. The molecule has 6 heteroatoms. The first kappa shape index (κ1) is 11.1. The van der Waals surface area contributed by atoms with Crippen LogP contribution >= 0.6 is 7.60 Å². The SMILES string of the molecule is CC1(C)CC(O)(OP(=O)(O)CO)C1. The molecule has 5 nitrogen and oxygen atoms in total. The van der Waals surface area contributed by atoms with Gasteiger partial charge >= 0.3 is 7.60 Å². The van der Waals surface area contributed by atoms with Crippen LogP contribution in [0.25, 0.3) is 0 Å². The van der Waals surface area contributed by atoms with Crippen LogP contribution in [-0.4, -0.2) is 27.2 Å². The molecule has 0 heterocycles.